The predicted octanol–water partition coefficient (Wildman–Crippen LogP) is 2.83. The minimum atomic E-state index is -0.417. The maximum Gasteiger partial charge on any atom is 0.234 e. The molecule has 2 aromatic carbocycles. The number of hydrogen-bond donors (Lipinski definition) is 2. The normalized spacial score (nSPS) is 12.4. The van der Waals surface area contributed by atoms with Crippen LogP contribution in [0.1, 0.15) is 19.7 Å². The number of amides is 1. The number of aromatic nitrogens is 2. The minimum Gasteiger partial charge on any atom is -0.368 e. The lowest BCUT2D eigenvalue weighted by molar-refractivity contribution is -0.119. The van der Waals surface area contributed by atoms with E-state index < -0.39 is 11.9 Å². The summed E-state index contributed by atoms with van der Waals surface area (Å²) in [6, 6.07) is 12.0. The standard InChI is InChI=1S/C19H21FN4O/c1-3-24-17-10-14(13-4-7-15(20)8-5-13)6-9-16(17)23-18(24)11-22-12(2)19(21)25/h4-10,12,22H,3,11H2,1-2H3,(H2,21,25)/t12-/m0/s1. The van der Waals surface area contributed by atoms with Gasteiger partial charge < -0.3 is 10.3 Å². The van der Waals surface area contributed by atoms with Gasteiger partial charge in [0.05, 0.1) is 23.6 Å². The highest BCUT2D eigenvalue weighted by molar-refractivity contribution is 5.83. The number of halogens is 1. The average molecular weight is 340 g/mol. The molecular weight excluding hydrogens is 319 g/mol. The third kappa shape index (κ3) is 3.53. The van der Waals surface area contributed by atoms with Gasteiger partial charge in [-0.15, -0.1) is 0 Å². The molecule has 0 saturated carbocycles. The Hall–Kier alpha value is -2.73. The highest BCUT2D eigenvalue weighted by Gasteiger charge is 2.13. The van der Waals surface area contributed by atoms with Gasteiger partial charge in [-0.1, -0.05) is 18.2 Å². The first kappa shape index (κ1) is 17.1. The smallest absolute Gasteiger partial charge is 0.234 e. The van der Waals surface area contributed by atoms with Crippen molar-refractivity contribution in [3.8, 4) is 11.1 Å². The van der Waals surface area contributed by atoms with Crippen LogP contribution in [0.5, 0.6) is 0 Å². The van der Waals surface area contributed by atoms with Crippen LogP contribution < -0.4 is 11.1 Å². The van der Waals surface area contributed by atoms with Gasteiger partial charge in [-0.25, -0.2) is 9.37 Å². The molecule has 3 aromatic rings. The van der Waals surface area contributed by atoms with Crippen LogP contribution >= 0.6 is 0 Å². The Bertz CT molecular complexity index is 902. The number of benzene rings is 2. The zero-order valence-electron chi connectivity index (χ0n) is 14.3. The molecule has 0 saturated heterocycles. The minimum absolute atomic E-state index is 0.250. The molecule has 3 N–H and O–H groups in total. The summed E-state index contributed by atoms with van der Waals surface area (Å²) in [5, 5.41) is 3.09. The van der Waals surface area contributed by atoms with E-state index in [1.54, 1.807) is 19.1 Å². The number of fused-ring (bicyclic) bond motifs is 1. The largest absolute Gasteiger partial charge is 0.368 e. The van der Waals surface area contributed by atoms with E-state index in [2.05, 4.69) is 20.9 Å². The van der Waals surface area contributed by atoms with Gasteiger partial charge in [0.15, 0.2) is 0 Å². The van der Waals surface area contributed by atoms with Gasteiger partial charge in [0.2, 0.25) is 5.91 Å². The second kappa shape index (κ2) is 7.03. The van der Waals surface area contributed by atoms with Gasteiger partial charge in [0.1, 0.15) is 11.6 Å². The Kier molecular flexibility index (Phi) is 4.81. The average Bonchev–Trinajstić information content (AvgIpc) is 2.96. The molecular formula is C19H21FN4O. The summed E-state index contributed by atoms with van der Waals surface area (Å²) < 4.78 is 15.2. The Morgan fingerprint density at radius 2 is 1.92 bits per heavy atom. The number of primary amides is 1. The highest BCUT2D eigenvalue weighted by atomic mass is 19.1. The van der Waals surface area contributed by atoms with Crippen molar-refractivity contribution in [2.24, 2.45) is 5.73 Å². The van der Waals surface area contributed by atoms with E-state index in [1.807, 2.05) is 19.1 Å². The summed E-state index contributed by atoms with van der Waals surface area (Å²) in [7, 11) is 0. The van der Waals surface area contributed by atoms with Crippen molar-refractivity contribution in [1.29, 1.82) is 0 Å². The first-order valence-electron chi connectivity index (χ1n) is 8.27. The molecule has 130 valence electrons. The highest BCUT2D eigenvalue weighted by Crippen LogP contribution is 2.25. The number of nitrogens with zero attached hydrogens (tertiary/aromatic N) is 2. The molecule has 1 heterocycles. The van der Waals surface area contributed by atoms with Crippen LogP contribution in [0.2, 0.25) is 0 Å². The van der Waals surface area contributed by atoms with Crippen LogP contribution in [0.25, 0.3) is 22.2 Å². The molecule has 6 heteroatoms. The quantitative estimate of drug-likeness (QED) is 0.725. The summed E-state index contributed by atoms with van der Waals surface area (Å²) in [4.78, 5) is 15.8. The van der Waals surface area contributed by atoms with Crippen LogP contribution in [-0.4, -0.2) is 21.5 Å². The third-order valence-corrected chi connectivity index (χ3v) is 4.31. The zero-order valence-corrected chi connectivity index (χ0v) is 14.3. The molecule has 0 aliphatic carbocycles. The van der Waals surface area contributed by atoms with Crippen molar-refractivity contribution in [3.05, 3.63) is 54.1 Å². The fourth-order valence-electron chi connectivity index (χ4n) is 2.83. The SMILES string of the molecule is CCn1c(CN[C@@H](C)C(N)=O)nc2ccc(-c3ccc(F)cc3)cc21. The molecule has 0 aliphatic heterocycles. The molecule has 5 nitrogen and oxygen atoms in total. The van der Waals surface area contributed by atoms with Gasteiger partial charge in [0, 0.05) is 6.54 Å². The van der Waals surface area contributed by atoms with Gasteiger partial charge in [-0.05, 0) is 49.2 Å². The molecule has 1 aromatic heterocycles. The summed E-state index contributed by atoms with van der Waals surface area (Å²) in [6.07, 6.45) is 0. The maximum atomic E-state index is 13.1. The van der Waals surface area contributed by atoms with Gasteiger partial charge >= 0.3 is 0 Å². The second-order valence-corrected chi connectivity index (χ2v) is 5.99. The summed E-state index contributed by atoms with van der Waals surface area (Å²) >= 11 is 0. The fourth-order valence-corrected chi connectivity index (χ4v) is 2.83. The van der Waals surface area contributed by atoms with Crippen molar-refractivity contribution in [1.82, 2.24) is 14.9 Å². The van der Waals surface area contributed by atoms with Crippen molar-refractivity contribution >= 4 is 16.9 Å². The lowest BCUT2D eigenvalue weighted by Gasteiger charge is -2.11. The van der Waals surface area contributed by atoms with E-state index in [0.717, 1.165) is 34.5 Å². The molecule has 1 amide bonds. The Balaban J connectivity index is 1.96. The second-order valence-electron chi connectivity index (χ2n) is 5.99. The lowest BCUT2D eigenvalue weighted by atomic mass is 10.1. The van der Waals surface area contributed by atoms with E-state index in [4.69, 9.17) is 5.73 Å². The number of nitrogens with two attached hydrogens (primary N) is 1. The van der Waals surface area contributed by atoms with Gasteiger partial charge in [-0.3, -0.25) is 10.1 Å². The summed E-state index contributed by atoms with van der Waals surface area (Å²) in [5.74, 6) is 0.208. The molecule has 0 fully saturated rings. The molecule has 0 unspecified atom stereocenters. The lowest BCUT2D eigenvalue weighted by Crippen LogP contribution is -2.38. The Morgan fingerprint density at radius 1 is 1.24 bits per heavy atom. The van der Waals surface area contributed by atoms with Crippen molar-refractivity contribution in [3.63, 3.8) is 0 Å². The molecule has 3 rings (SSSR count). The van der Waals surface area contributed by atoms with Crippen molar-refractivity contribution in [2.45, 2.75) is 33.0 Å². The third-order valence-electron chi connectivity index (χ3n) is 4.31. The number of carbonyl (C=O) groups excluding carboxylic acids is 1. The van der Waals surface area contributed by atoms with Gasteiger partial charge in [-0.2, -0.15) is 0 Å². The number of aryl methyl sites for hydroxylation is 1. The topological polar surface area (TPSA) is 72.9 Å². The number of nitrogens with one attached hydrogen (secondary N) is 1. The first-order chi connectivity index (χ1) is 12.0. The van der Waals surface area contributed by atoms with E-state index in [0.29, 0.717) is 6.54 Å². The van der Waals surface area contributed by atoms with Crippen LogP contribution in [0.15, 0.2) is 42.5 Å². The van der Waals surface area contributed by atoms with Crippen LogP contribution in [0, 0.1) is 5.82 Å². The molecule has 0 radical (unpaired) electrons. The fraction of sp³-hybridized carbons (Fsp3) is 0.263. The Labute approximate surface area is 145 Å². The predicted molar refractivity (Wildman–Crippen MR) is 96.3 cm³/mol. The van der Waals surface area contributed by atoms with E-state index in [9.17, 15) is 9.18 Å². The van der Waals surface area contributed by atoms with Crippen LogP contribution in [0.3, 0.4) is 0 Å². The monoisotopic (exact) mass is 340 g/mol. The van der Waals surface area contributed by atoms with Crippen molar-refractivity contribution in [2.75, 3.05) is 0 Å². The van der Waals surface area contributed by atoms with Gasteiger partial charge in [0.25, 0.3) is 0 Å². The molecule has 0 bridgehead atoms. The van der Waals surface area contributed by atoms with Crippen LogP contribution in [0.4, 0.5) is 4.39 Å². The number of hydrogen-bond acceptors (Lipinski definition) is 3. The zero-order chi connectivity index (χ0) is 18.0. The maximum absolute atomic E-state index is 13.1. The summed E-state index contributed by atoms with van der Waals surface area (Å²) in [5.41, 5.74) is 9.14. The summed E-state index contributed by atoms with van der Waals surface area (Å²) in [6.45, 7) is 4.99. The molecule has 25 heavy (non-hydrogen) atoms. The van der Waals surface area contributed by atoms with E-state index in [-0.39, 0.29) is 5.82 Å². The van der Waals surface area contributed by atoms with E-state index >= 15 is 0 Å². The van der Waals surface area contributed by atoms with Crippen molar-refractivity contribution < 1.29 is 9.18 Å². The van der Waals surface area contributed by atoms with Crippen LogP contribution in [-0.2, 0) is 17.9 Å². The Morgan fingerprint density at radius 3 is 2.56 bits per heavy atom. The molecule has 1 atom stereocenters. The number of carbonyl (C=O) groups is 1. The molecule has 0 spiro atoms. The number of rotatable bonds is 6. The molecule has 0 aliphatic rings. The first-order valence-corrected chi connectivity index (χ1v) is 8.27. The number of imidazole rings is 1. The van der Waals surface area contributed by atoms with E-state index in [1.165, 1.54) is 12.1 Å².